The summed E-state index contributed by atoms with van der Waals surface area (Å²) in [5, 5.41) is 0. The number of hydrogen-bond acceptors (Lipinski definition) is 5. The van der Waals surface area contributed by atoms with Gasteiger partial charge in [-0.1, -0.05) is 13.8 Å². The van der Waals surface area contributed by atoms with Gasteiger partial charge in [0.2, 0.25) is 5.91 Å². The van der Waals surface area contributed by atoms with Crippen molar-refractivity contribution in [3.05, 3.63) is 23.8 Å². The van der Waals surface area contributed by atoms with Crippen LogP contribution in [0.2, 0.25) is 0 Å². The molecular formula is C15H24N2O5S. The third-order valence-corrected chi connectivity index (χ3v) is 4.17. The van der Waals surface area contributed by atoms with E-state index in [1.165, 1.54) is 12.1 Å². The van der Waals surface area contributed by atoms with E-state index >= 15 is 0 Å². The van der Waals surface area contributed by atoms with Crippen LogP contribution in [-0.4, -0.2) is 34.6 Å². The lowest BCUT2D eigenvalue weighted by Gasteiger charge is -2.12. The topological polar surface area (TPSA) is 93.7 Å². The number of rotatable bonds is 9. The molecule has 1 aromatic carbocycles. The lowest BCUT2D eigenvalue weighted by molar-refractivity contribution is -0.122. The Morgan fingerprint density at radius 1 is 1.26 bits per heavy atom. The number of carbonyl (C=O) groups is 1. The van der Waals surface area contributed by atoms with Gasteiger partial charge in [0.1, 0.15) is 12.4 Å². The minimum atomic E-state index is -3.82. The Morgan fingerprint density at radius 3 is 2.52 bits per heavy atom. The number of methoxy groups -OCH3 is 1. The van der Waals surface area contributed by atoms with Crippen molar-refractivity contribution in [1.29, 1.82) is 0 Å². The molecular weight excluding hydrogens is 320 g/mol. The maximum Gasteiger partial charge on any atom is 0.257 e. The smallest absolute Gasteiger partial charge is 0.257 e. The van der Waals surface area contributed by atoms with E-state index in [1.807, 2.05) is 13.8 Å². The van der Waals surface area contributed by atoms with Gasteiger partial charge in [0.05, 0.1) is 11.5 Å². The van der Waals surface area contributed by atoms with Crippen molar-refractivity contribution in [3.63, 3.8) is 0 Å². The van der Waals surface area contributed by atoms with Crippen molar-refractivity contribution in [2.45, 2.75) is 32.1 Å². The van der Waals surface area contributed by atoms with Crippen molar-refractivity contribution in [3.8, 4) is 5.75 Å². The third-order valence-electron chi connectivity index (χ3n) is 2.92. The summed E-state index contributed by atoms with van der Waals surface area (Å²) in [4.78, 5) is 13.7. The fourth-order valence-corrected chi connectivity index (χ4v) is 2.74. The Hall–Kier alpha value is -1.64. The van der Waals surface area contributed by atoms with Crippen LogP contribution >= 0.6 is 0 Å². The summed E-state index contributed by atoms with van der Waals surface area (Å²) in [6, 6.07) is 4.49. The maximum absolute atomic E-state index is 12.2. The molecule has 130 valence electrons. The predicted octanol–water partition coefficient (Wildman–Crippen LogP) is 1.38. The first-order valence-corrected chi connectivity index (χ1v) is 8.77. The second-order valence-electron chi connectivity index (χ2n) is 5.52. The van der Waals surface area contributed by atoms with Gasteiger partial charge in [-0.15, -0.1) is 4.83 Å². The van der Waals surface area contributed by atoms with Gasteiger partial charge in [0, 0.05) is 13.5 Å². The number of ether oxygens (including phenoxy) is 2. The van der Waals surface area contributed by atoms with Gasteiger partial charge in [0.15, 0.2) is 0 Å². The lowest BCUT2D eigenvalue weighted by Crippen LogP contribution is -2.41. The molecule has 0 saturated heterocycles. The molecule has 0 aliphatic carbocycles. The minimum absolute atomic E-state index is 0.0546. The van der Waals surface area contributed by atoms with E-state index in [9.17, 15) is 13.2 Å². The molecule has 7 nitrogen and oxygen atoms in total. The summed E-state index contributed by atoms with van der Waals surface area (Å²) in [6.45, 7) is 6.33. The summed E-state index contributed by atoms with van der Waals surface area (Å²) in [5.74, 6) is 0.356. The number of benzene rings is 1. The van der Waals surface area contributed by atoms with Crippen molar-refractivity contribution in [1.82, 2.24) is 10.3 Å². The van der Waals surface area contributed by atoms with E-state index in [0.717, 1.165) is 0 Å². The van der Waals surface area contributed by atoms with Crippen LogP contribution in [0.1, 0.15) is 25.8 Å². The number of hydrazine groups is 1. The van der Waals surface area contributed by atoms with Gasteiger partial charge in [-0.05, 0) is 36.6 Å². The molecule has 0 saturated carbocycles. The number of aryl methyl sites for hydroxylation is 1. The second-order valence-corrected chi connectivity index (χ2v) is 7.20. The molecule has 1 rings (SSSR count). The van der Waals surface area contributed by atoms with E-state index in [0.29, 0.717) is 24.5 Å². The quantitative estimate of drug-likeness (QED) is 0.521. The van der Waals surface area contributed by atoms with Gasteiger partial charge >= 0.3 is 0 Å². The van der Waals surface area contributed by atoms with Gasteiger partial charge < -0.3 is 9.47 Å². The fourth-order valence-electron chi connectivity index (χ4n) is 1.79. The van der Waals surface area contributed by atoms with Crippen LogP contribution in [0.15, 0.2) is 23.1 Å². The first-order chi connectivity index (χ1) is 10.8. The standard InChI is InChI=1S/C15H24N2O5S/c1-11(2)9-15(18)16-17-23(19,20)13-5-6-14(12(3)10-13)22-8-7-21-4/h5-6,10-11,17H,7-9H2,1-4H3,(H,16,18). The highest BCUT2D eigenvalue weighted by atomic mass is 32.2. The van der Waals surface area contributed by atoms with Crippen LogP contribution in [0, 0.1) is 12.8 Å². The number of hydrogen-bond donors (Lipinski definition) is 2. The van der Waals surface area contributed by atoms with Gasteiger partial charge in [-0.2, -0.15) is 0 Å². The molecule has 0 unspecified atom stereocenters. The lowest BCUT2D eigenvalue weighted by atomic mass is 10.1. The summed E-state index contributed by atoms with van der Waals surface area (Å²) >= 11 is 0. The van der Waals surface area contributed by atoms with Gasteiger partial charge in [-0.25, -0.2) is 8.42 Å². The summed E-state index contributed by atoms with van der Waals surface area (Å²) in [5.41, 5.74) is 2.88. The molecule has 0 aromatic heterocycles. The zero-order valence-electron chi connectivity index (χ0n) is 13.9. The first kappa shape index (κ1) is 19.4. The monoisotopic (exact) mass is 344 g/mol. The van der Waals surface area contributed by atoms with Crippen molar-refractivity contribution in [2.24, 2.45) is 5.92 Å². The predicted molar refractivity (Wildman–Crippen MR) is 86.5 cm³/mol. The molecule has 2 N–H and O–H groups in total. The van der Waals surface area contributed by atoms with Crippen molar-refractivity contribution >= 4 is 15.9 Å². The van der Waals surface area contributed by atoms with Crippen LogP contribution in [0.5, 0.6) is 5.75 Å². The fraction of sp³-hybridized carbons (Fsp3) is 0.533. The number of nitrogens with one attached hydrogen (secondary N) is 2. The van der Waals surface area contributed by atoms with Crippen LogP contribution < -0.4 is 15.0 Å². The summed E-state index contributed by atoms with van der Waals surface area (Å²) in [7, 11) is -2.24. The van der Waals surface area contributed by atoms with E-state index < -0.39 is 10.0 Å². The average molecular weight is 344 g/mol. The Bertz CT molecular complexity index is 629. The molecule has 1 amide bonds. The molecule has 0 aliphatic heterocycles. The van der Waals surface area contributed by atoms with E-state index in [-0.39, 0.29) is 23.1 Å². The van der Waals surface area contributed by atoms with E-state index in [1.54, 1.807) is 20.1 Å². The third kappa shape index (κ3) is 6.55. The zero-order chi connectivity index (χ0) is 17.5. The van der Waals surface area contributed by atoms with Gasteiger partial charge in [-0.3, -0.25) is 10.2 Å². The highest BCUT2D eigenvalue weighted by molar-refractivity contribution is 7.89. The molecule has 8 heteroatoms. The van der Waals surface area contributed by atoms with E-state index in [2.05, 4.69) is 10.3 Å². The van der Waals surface area contributed by atoms with Crippen LogP contribution in [0.3, 0.4) is 0 Å². The van der Waals surface area contributed by atoms with Crippen molar-refractivity contribution in [2.75, 3.05) is 20.3 Å². The Labute approximate surface area is 137 Å². The summed E-state index contributed by atoms with van der Waals surface area (Å²) in [6.07, 6.45) is 0.244. The van der Waals surface area contributed by atoms with Crippen molar-refractivity contribution < 1.29 is 22.7 Å². The molecule has 0 atom stereocenters. The molecule has 0 radical (unpaired) electrons. The largest absolute Gasteiger partial charge is 0.491 e. The first-order valence-electron chi connectivity index (χ1n) is 7.29. The maximum atomic E-state index is 12.2. The number of carbonyl (C=O) groups excluding carboxylic acids is 1. The Kier molecular flexibility index (Phi) is 7.47. The molecule has 0 bridgehead atoms. The van der Waals surface area contributed by atoms with Crippen LogP contribution in [0.25, 0.3) is 0 Å². The molecule has 0 fully saturated rings. The number of amides is 1. The summed E-state index contributed by atoms with van der Waals surface area (Å²) < 4.78 is 34.7. The van der Waals surface area contributed by atoms with E-state index in [4.69, 9.17) is 9.47 Å². The number of sulfonamides is 1. The molecule has 0 spiro atoms. The normalized spacial score (nSPS) is 11.5. The minimum Gasteiger partial charge on any atom is -0.491 e. The Balaban J connectivity index is 2.73. The highest BCUT2D eigenvalue weighted by Crippen LogP contribution is 2.21. The van der Waals surface area contributed by atoms with Gasteiger partial charge in [0.25, 0.3) is 10.0 Å². The molecule has 0 aliphatic rings. The highest BCUT2D eigenvalue weighted by Gasteiger charge is 2.17. The molecule has 23 heavy (non-hydrogen) atoms. The molecule has 0 heterocycles. The second kappa shape index (κ2) is 8.85. The zero-order valence-corrected chi connectivity index (χ0v) is 14.7. The average Bonchev–Trinajstić information content (AvgIpc) is 2.46. The van der Waals surface area contributed by atoms with Crippen LogP contribution in [0.4, 0.5) is 0 Å². The SMILES string of the molecule is COCCOc1ccc(S(=O)(=O)NNC(=O)CC(C)C)cc1C. The van der Waals surface area contributed by atoms with Crippen LogP contribution in [-0.2, 0) is 19.6 Å². The molecule has 1 aromatic rings. The Morgan fingerprint density at radius 2 is 1.96 bits per heavy atom.